The lowest BCUT2D eigenvalue weighted by molar-refractivity contribution is -0.255. The number of hydrogen-bond acceptors (Lipinski definition) is 7. The molecule has 2 aliphatic heterocycles. The second-order valence-electron chi connectivity index (χ2n) is 10.3. The maximum Gasteiger partial charge on any atom is 0.303 e. The van der Waals surface area contributed by atoms with Crippen LogP contribution < -0.4 is 14.9 Å². The number of nitrogens with zero attached hydrogens (tertiary/aromatic N) is 1. The first-order valence-corrected chi connectivity index (χ1v) is 13.4. The lowest BCUT2D eigenvalue weighted by atomic mass is 9.88. The summed E-state index contributed by atoms with van der Waals surface area (Å²) in [5.74, 6) is 0.812. The van der Waals surface area contributed by atoms with Crippen LogP contribution in [0.25, 0.3) is 21.8 Å². The molecule has 0 spiro atoms. The summed E-state index contributed by atoms with van der Waals surface area (Å²) in [6, 6.07) is 9.38. The standard InChI is InChI=1S/C28H32BrNO7/c1-14-27(35-15(2)31)18(29)12-23(34-14)36-22-11-17-20(37-28(22,3)4)13-21(33-6)24-25(17)30(5)19-10-8-7-9-16(19)26(24)32/h7-10,13-14,18,22-23,27H,11-12H2,1-6H3/t14-,18-,22-,23-,27-/m0/s1. The van der Waals surface area contributed by atoms with Gasteiger partial charge in [0.1, 0.15) is 29.3 Å². The number of fused-ring (bicyclic) bond motifs is 4. The van der Waals surface area contributed by atoms with Crippen LogP contribution in [-0.2, 0) is 32.5 Å². The van der Waals surface area contributed by atoms with Gasteiger partial charge >= 0.3 is 5.97 Å². The van der Waals surface area contributed by atoms with E-state index in [1.165, 1.54) is 6.92 Å². The van der Waals surface area contributed by atoms with E-state index in [2.05, 4.69) is 15.9 Å². The summed E-state index contributed by atoms with van der Waals surface area (Å²) in [7, 11) is 3.52. The molecule has 0 amide bonds. The van der Waals surface area contributed by atoms with Gasteiger partial charge in [-0.3, -0.25) is 9.59 Å². The van der Waals surface area contributed by atoms with Crippen molar-refractivity contribution >= 4 is 43.7 Å². The SMILES string of the molecule is COc1cc2c(c3c1c(=O)c1ccccc1n3C)C[C@H](O[C@H]1C[C@H](Br)[C@@H](OC(C)=O)[C@H](C)O1)C(C)(C)O2. The number of carbonyl (C=O) groups is 1. The largest absolute Gasteiger partial charge is 0.496 e. The second-order valence-corrected chi connectivity index (χ2v) is 11.5. The third kappa shape index (κ3) is 4.51. The molecule has 5 atom stereocenters. The molecule has 5 rings (SSSR count). The molecule has 1 fully saturated rings. The summed E-state index contributed by atoms with van der Waals surface area (Å²) in [4.78, 5) is 25.0. The van der Waals surface area contributed by atoms with Gasteiger partial charge in [-0.15, -0.1) is 0 Å². The van der Waals surface area contributed by atoms with E-state index in [9.17, 15) is 9.59 Å². The molecule has 3 aromatic rings. The smallest absolute Gasteiger partial charge is 0.303 e. The maximum absolute atomic E-state index is 13.6. The number of methoxy groups -OCH3 is 1. The molecule has 8 nitrogen and oxygen atoms in total. The van der Waals surface area contributed by atoms with Gasteiger partial charge < -0.3 is 28.3 Å². The molecule has 1 saturated heterocycles. The first-order chi connectivity index (χ1) is 17.5. The van der Waals surface area contributed by atoms with E-state index in [0.29, 0.717) is 35.1 Å². The molecule has 3 heterocycles. The molecule has 9 heteroatoms. The summed E-state index contributed by atoms with van der Waals surface area (Å²) < 4.78 is 32.3. The lowest BCUT2D eigenvalue weighted by Gasteiger charge is -2.44. The van der Waals surface area contributed by atoms with Crippen molar-refractivity contribution < 1.29 is 28.5 Å². The third-order valence-electron chi connectivity index (χ3n) is 7.38. The number of hydrogen-bond donors (Lipinski definition) is 0. The van der Waals surface area contributed by atoms with Crippen LogP contribution in [-0.4, -0.2) is 52.7 Å². The van der Waals surface area contributed by atoms with Gasteiger partial charge in [-0.25, -0.2) is 0 Å². The fourth-order valence-electron chi connectivity index (χ4n) is 5.52. The predicted molar refractivity (Wildman–Crippen MR) is 144 cm³/mol. The number of para-hydroxylation sites is 1. The number of halogens is 1. The fraction of sp³-hybridized carbons (Fsp3) is 0.500. The van der Waals surface area contributed by atoms with E-state index in [1.54, 1.807) is 7.11 Å². The maximum atomic E-state index is 13.6. The minimum atomic E-state index is -0.678. The van der Waals surface area contributed by atoms with E-state index in [-0.39, 0.29) is 28.4 Å². The van der Waals surface area contributed by atoms with E-state index in [4.69, 9.17) is 23.7 Å². The van der Waals surface area contributed by atoms with Crippen LogP contribution in [0.4, 0.5) is 0 Å². The highest BCUT2D eigenvalue weighted by Gasteiger charge is 2.44. The summed E-state index contributed by atoms with van der Waals surface area (Å²) in [6.07, 6.45) is -0.593. The zero-order valence-corrected chi connectivity index (χ0v) is 23.5. The number of alkyl halides is 1. The van der Waals surface area contributed by atoms with E-state index in [0.717, 1.165) is 16.6 Å². The number of pyridine rings is 1. The molecule has 1 aromatic heterocycles. The van der Waals surface area contributed by atoms with Gasteiger partial charge in [-0.05, 0) is 32.9 Å². The monoisotopic (exact) mass is 573 g/mol. The van der Waals surface area contributed by atoms with Gasteiger partial charge in [0.2, 0.25) is 5.43 Å². The molecule has 0 unspecified atom stereocenters. The second kappa shape index (κ2) is 9.60. The van der Waals surface area contributed by atoms with Gasteiger partial charge in [0, 0.05) is 43.8 Å². The number of aromatic nitrogens is 1. The normalized spacial score (nSPS) is 26.9. The molecule has 2 aliphatic rings. The van der Waals surface area contributed by atoms with Crippen molar-refractivity contribution in [3.63, 3.8) is 0 Å². The van der Waals surface area contributed by atoms with Crippen molar-refractivity contribution in [1.82, 2.24) is 4.57 Å². The summed E-state index contributed by atoms with van der Waals surface area (Å²) in [5.41, 5.74) is 1.74. The third-order valence-corrected chi connectivity index (χ3v) is 8.28. The van der Waals surface area contributed by atoms with Crippen LogP contribution in [0, 0.1) is 0 Å². The van der Waals surface area contributed by atoms with E-state index in [1.807, 2.05) is 62.7 Å². The van der Waals surface area contributed by atoms with E-state index >= 15 is 0 Å². The zero-order valence-electron chi connectivity index (χ0n) is 21.9. The van der Waals surface area contributed by atoms with Crippen molar-refractivity contribution in [2.45, 2.75) is 75.6 Å². The van der Waals surface area contributed by atoms with Crippen LogP contribution in [0.3, 0.4) is 0 Å². The molecule has 198 valence electrons. The van der Waals surface area contributed by atoms with Crippen LogP contribution in [0.5, 0.6) is 11.5 Å². The van der Waals surface area contributed by atoms with Crippen molar-refractivity contribution in [3.05, 3.63) is 46.1 Å². The van der Waals surface area contributed by atoms with Crippen molar-refractivity contribution in [3.8, 4) is 11.5 Å². The van der Waals surface area contributed by atoms with Gasteiger partial charge in [0.15, 0.2) is 6.29 Å². The highest BCUT2D eigenvalue weighted by Crippen LogP contribution is 2.43. The Balaban J connectivity index is 1.55. The number of carbonyl (C=O) groups excluding carboxylic acids is 1. The molecule has 37 heavy (non-hydrogen) atoms. The number of benzene rings is 2. The van der Waals surface area contributed by atoms with E-state index < -0.39 is 18.0 Å². The van der Waals surface area contributed by atoms with Gasteiger partial charge in [-0.1, -0.05) is 28.1 Å². The van der Waals surface area contributed by atoms with Crippen LogP contribution >= 0.6 is 15.9 Å². The minimum Gasteiger partial charge on any atom is -0.496 e. The van der Waals surface area contributed by atoms with Crippen LogP contribution in [0.2, 0.25) is 0 Å². The highest BCUT2D eigenvalue weighted by atomic mass is 79.9. The van der Waals surface area contributed by atoms with Crippen molar-refractivity contribution in [1.29, 1.82) is 0 Å². The molecule has 0 bridgehead atoms. The van der Waals surface area contributed by atoms with Gasteiger partial charge in [-0.2, -0.15) is 0 Å². The Morgan fingerprint density at radius 1 is 1.24 bits per heavy atom. The zero-order chi connectivity index (χ0) is 26.6. The molecule has 2 aromatic carbocycles. The fourth-order valence-corrected chi connectivity index (χ4v) is 6.37. The Labute approximate surface area is 223 Å². The Hall–Kier alpha value is -2.62. The summed E-state index contributed by atoms with van der Waals surface area (Å²) in [6.45, 7) is 7.23. The lowest BCUT2D eigenvalue weighted by Crippen LogP contribution is -2.53. The summed E-state index contributed by atoms with van der Waals surface area (Å²) in [5, 5.41) is 1.16. The molecule has 0 radical (unpaired) electrons. The Bertz CT molecular complexity index is 1420. The van der Waals surface area contributed by atoms with Gasteiger partial charge in [0.05, 0.1) is 34.5 Å². The topological polar surface area (TPSA) is 85.2 Å². The Kier molecular flexibility index (Phi) is 6.75. The summed E-state index contributed by atoms with van der Waals surface area (Å²) >= 11 is 3.65. The van der Waals surface area contributed by atoms with Crippen LogP contribution in [0.15, 0.2) is 35.1 Å². The first-order valence-electron chi connectivity index (χ1n) is 12.4. The first kappa shape index (κ1) is 26.0. The number of ether oxygens (including phenoxy) is 5. The molecular weight excluding hydrogens is 542 g/mol. The predicted octanol–water partition coefficient (Wildman–Crippen LogP) is 4.63. The average Bonchev–Trinajstić information content (AvgIpc) is 2.84. The quantitative estimate of drug-likeness (QED) is 0.255. The Morgan fingerprint density at radius 3 is 2.65 bits per heavy atom. The average molecular weight is 574 g/mol. The van der Waals surface area contributed by atoms with Crippen molar-refractivity contribution in [2.75, 3.05) is 7.11 Å². The van der Waals surface area contributed by atoms with Crippen molar-refractivity contribution in [2.24, 2.45) is 7.05 Å². The number of aryl methyl sites for hydroxylation is 1. The Morgan fingerprint density at radius 2 is 1.97 bits per heavy atom. The number of rotatable bonds is 4. The molecule has 0 aliphatic carbocycles. The van der Waals surface area contributed by atoms with Crippen LogP contribution in [0.1, 0.15) is 39.7 Å². The minimum absolute atomic E-state index is 0.0752. The molecular formula is C28H32BrNO7. The van der Waals surface area contributed by atoms with Gasteiger partial charge in [0.25, 0.3) is 0 Å². The number of esters is 1. The molecule has 0 saturated carbocycles. The highest BCUT2D eigenvalue weighted by molar-refractivity contribution is 9.09. The molecule has 0 N–H and O–H groups in total.